The summed E-state index contributed by atoms with van der Waals surface area (Å²) in [5.74, 6) is 0.777. The van der Waals surface area contributed by atoms with Gasteiger partial charge < -0.3 is 5.32 Å². The van der Waals surface area contributed by atoms with Crippen molar-refractivity contribution >= 4 is 11.8 Å². The van der Waals surface area contributed by atoms with E-state index < -0.39 is 5.54 Å². The Labute approximate surface area is 107 Å². The molecule has 1 aromatic carbocycles. The summed E-state index contributed by atoms with van der Waals surface area (Å²) in [6.45, 7) is 1.94. The van der Waals surface area contributed by atoms with Crippen LogP contribution >= 0.6 is 11.8 Å². The minimum Gasteiger partial charge on any atom is -0.302 e. The van der Waals surface area contributed by atoms with E-state index in [9.17, 15) is 0 Å². The van der Waals surface area contributed by atoms with Crippen LogP contribution < -0.4 is 5.32 Å². The van der Waals surface area contributed by atoms with Gasteiger partial charge >= 0.3 is 0 Å². The van der Waals surface area contributed by atoms with E-state index in [1.54, 1.807) is 11.8 Å². The van der Waals surface area contributed by atoms with E-state index in [4.69, 9.17) is 5.26 Å². The summed E-state index contributed by atoms with van der Waals surface area (Å²) >= 11 is 1.76. The number of rotatable bonds is 4. The van der Waals surface area contributed by atoms with Crippen LogP contribution in [-0.4, -0.2) is 18.3 Å². The second-order valence-electron chi connectivity index (χ2n) is 4.77. The normalized spacial score (nSPS) is 17.2. The van der Waals surface area contributed by atoms with Crippen LogP contribution in [0.3, 0.4) is 0 Å². The molecule has 0 fully saturated rings. The zero-order valence-electron chi connectivity index (χ0n) is 10.4. The molecule has 2 nitrogen and oxygen atoms in total. The Kier molecular flexibility index (Phi) is 3.76. The van der Waals surface area contributed by atoms with Crippen molar-refractivity contribution in [1.82, 2.24) is 5.32 Å². The largest absolute Gasteiger partial charge is 0.302 e. The van der Waals surface area contributed by atoms with E-state index in [0.717, 1.165) is 5.75 Å². The monoisotopic (exact) mass is 246 g/mol. The Balaban J connectivity index is 2.03. The summed E-state index contributed by atoms with van der Waals surface area (Å²) in [4.78, 5) is 1.28. The zero-order valence-corrected chi connectivity index (χ0v) is 11.2. The van der Waals surface area contributed by atoms with Crippen molar-refractivity contribution < 1.29 is 0 Å². The fraction of sp³-hybridized carbons (Fsp3) is 0.500. The highest BCUT2D eigenvalue weighted by molar-refractivity contribution is 7.99. The summed E-state index contributed by atoms with van der Waals surface area (Å²) < 4.78 is 0. The van der Waals surface area contributed by atoms with Gasteiger partial charge in [-0.1, -0.05) is 6.07 Å². The van der Waals surface area contributed by atoms with Crippen molar-refractivity contribution in [2.45, 2.75) is 36.6 Å². The molecule has 1 N–H and O–H groups in total. The lowest BCUT2D eigenvalue weighted by molar-refractivity contribution is 0.550. The molecule has 0 saturated heterocycles. The van der Waals surface area contributed by atoms with Gasteiger partial charge in [0.2, 0.25) is 0 Å². The van der Waals surface area contributed by atoms with Crippen LogP contribution in [0, 0.1) is 11.3 Å². The molecule has 0 saturated carbocycles. The lowest BCUT2D eigenvalue weighted by Crippen LogP contribution is -2.40. The maximum atomic E-state index is 9.09. The summed E-state index contributed by atoms with van der Waals surface area (Å²) in [5, 5.41) is 12.2. The van der Waals surface area contributed by atoms with Crippen LogP contribution in [0.25, 0.3) is 0 Å². The number of nitrogens with zero attached hydrogens (tertiary/aromatic N) is 1. The van der Waals surface area contributed by atoms with Crippen LogP contribution in [0.4, 0.5) is 0 Å². The van der Waals surface area contributed by atoms with Gasteiger partial charge in [0.15, 0.2) is 0 Å². The molecule has 1 unspecified atom stereocenters. The summed E-state index contributed by atoms with van der Waals surface area (Å²) in [7, 11) is 1.84. The third kappa shape index (κ3) is 2.83. The van der Waals surface area contributed by atoms with Crippen molar-refractivity contribution in [2.75, 3.05) is 12.8 Å². The SMILES string of the molecule is CNC(C)(C#N)CSc1ccc2c(c1)CCC2. The van der Waals surface area contributed by atoms with Gasteiger partial charge in [-0.15, -0.1) is 11.8 Å². The molecule has 0 spiro atoms. The molecule has 0 aliphatic heterocycles. The highest BCUT2D eigenvalue weighted by Gasteiger charge is 2.21. The molecule has 0 bridgehead atoms. The van der Waals surface area contributed by atoms with Crippen LogP contribution in [0.1, 0.15) is 24.5 Å². The lowest BCUT2D eigenvalue weighted by atomic mass is 10.1. The van der Waals surface area contributed by atoms with Crippen molar-refractivity contribution in [2.24, 2.45) is 0 Å². The predicted molar refractivity (Wildman–Crippen MR) is 72.3 cm³/mol. The summed E-state index contributed by atoms with van der Waals surface area (Å²) in [6, 6.07) is 9.04. The maximum Gasteiger partial charge on any atom is 0.113 e. The number of thioether (sulfide) groups is 1. The van der Waals surface area contributed by atoms with Crippen LogP contribution in [-0.2, 0) is 12.8 Å². The third-order valence-corrected chi connectivity index (χ3v) is 4.70. The van der Waals surface area contributed by atoms with Gasteiger partial charge in [-0.05, 0) is 56.5 Å². The summed E-state index contributed by atoms with van der Waals surface area (Å²) in [6.07, 6.45) is 3.73. The first-order valence-corrected chi connectivity index (χ1v) is 7.00. The van der Waals surface area contributed by atoms with Gasteiger partial charge in [-0.3, -0.25) is 0 Å². The molecular formula is C14H18N2S. The molecule has 0 heterocycles. The van der Waals surface area contributed by atoms with Gasteiger partial charge in [-0.2, -0.15) is 5.26 Å². The number of benzene rings is 1. The molecule has 1 aliphatic carbocycles. The van der Waals surface area contributed by atoms with E-state index in [-0.39, 0.29) is 0 Å². The first kappa shape index (κ1) is 12.5. The van der Waals surface area contributed by atoms with Gasteiger partial charge in [0.05, 0.1) is 6.07 Å². The number of nitriles is 1. The number of hydrogen-bond acceptors (Lipinski definition) is 3. The molecule has 0 aromatic heterocycles. The van der Waals surface area contributed by atoms with E-state index in [2.05, 4.69) is 29.6 Å². The number of nitrogens with one attached hydrogen (secondary N) is 1. The Morgan fingerprint density at radius 1 is 1.41 bits per heavy atom. The van der Waals surface area contributed by atoms with Gasteiger partial charge in [0.25, 0.3) is 0 Å². The van der Waals surface area contributed by atoms with E-state index in [1.165, 1.54) is 35.3 Å². The lowest BCUT2D eigenvalue weighted by Gasteiger charge is -2.20. The fourth-order valence-electron chi connectivity index (χ4n) is 2.03. The Hall–Kier alpha value is -0.980. The maximum absolute atomic E-state index is 9.09. The number of fused-ring (bicyclic) bond motifs is 1. The molecule has 2 rings (SSSR count). The van der Waals surface area contributed by atoms with E-state index in [1.807, 2.05) is 14.0 Å². The Bertz CT molecular complexity index is 450. The molecule has 17 heavy (non-hydrogen) atoms. The third-order valence-electron chi connectivity index (χ3n) is 3.40. The quantitative estimate of drug-likeness (QED) is 0.830. The molecular weight excluding hydrogens is 228 g/mol. The smallest absolute Gasteiger partial charge is 0.113 e. The second-order valence-corrected chi connectivity index (χ2v) is 5.82. The summed E-state index contributed by atoms with van der Waals surface area (Å²) in [5.41, 5.74) is 2.56. The zero-order chi connectivity index (χ0) is 12.3. The first-order chi connectivity index (χ1) is 8.17. The molecule has 0 amide bonds. The second kappa shape index (κ2) is 5.12. The fourth-order valence-corrected chi connectivity index (χ4v) is 3.08. The van der Waals surface area contributed by atoms with E-state index >= 15 is 0 Å². The van der Waals surface area contributed by atoms with Gasteiger partial charge in [-0.25, -0.2) is 0 Å². The minimum absolute atomic E-state index is 0.441. The van der Waals surface area contributed by atoms with Crippen LogP contribution in [0.2, 0.25) is 0 Å². The Morgan fingerprint density at radius 2 is 2.18 bits per heavy atom. The average molecular weight is 246 g/mol. The van der Waals surface area contributed by atoms with Crippen molar-refractivity contribution in [3.63, 3.8) is 0 Å². The van der Waals surface area contributed by atoms with Crippen LogP contribution in [0.5, 0.6) is 0 Å². The standard InChI is InChI=1S/C14H18N2S/c1-14(9-15,16-2)10-17-13-7-6-11-4-3-5-12(11)8-13/h6-8,16H,3-5,10H2,1-2H3. The Morgan fingerprint density at radius 3 is 2.88 bits per heavy atom. The molecule has 1 aliphatic rings. The molecule has 3 heteroatoms. The number of hydrogen-bond donors (Lipinski definition) is 1. The predicted octanol–water partition coefficient (Wildman–Crippen LogP) is 2.77. The van der Waals surface area contributed by atoms with E-state index in [0.29, 0.717) is 0 Å². The average Bonchev–Trinajstić information content (AvgIpc) is 2.83. The van der Waals surface area contributed by atoms with Gasteiger partial charge in [0.1, 0.15) is 5.54 Å². The topological polar surface area (TPSA) is 35.8 Å². The molecule has 90 valence electrons. The first-order valence-electron chi connectivity index (χ1n) is 6.02. The molecule has 0 radical (unpaired) electrons. The van der Waals surface area contributed by atoms with Crippen molar-refractivity contribution in [3.05, 3.63) is 29.3 Å². The van der Waals surface area contributed by atoms with Crippen molar-refractivity contribution in [3.8, 4) is 6.07 Å². The molecule has 1 atom stereocenters. The number of aryl methyl sites for hydroxylation is 2. The molecule has 1 aromatic rings. The minimum atomic E-state index is -0.441. The van der Waals surface area contributed by atoms with Crippen molar-refractivity contribution in [1.29, 1.82) is 5.26 Å². The highest BCUT2D eigenvalue weighted by atomic mass is 32.2. The highest BCUT2D eigenvalue weighted by Crippen LogP contribution is 2.29. The van der Waals surface area contributed by atoms with Gasteiger partial charge in [0, 0.05) is 10.6 Å². The van der Waals surface area contributed by atoms with Crippen LogP contribution in [0.15, 0.2) is 23.1 Å².